The minimum Gasteiger partial charge on any atom is -0.444 e. The Morgan fingerprint density at radius 3 is 2.20 bits per heavy atom. The summed E-state index contributed by atoms with van der Waals surface area (Å²) >= 11 is 0. The molecule has 3 heteroatoms. The van der Waals surface area contributed by atoms with E-state index in [1.165, 1.54) is 0 Å². The fourth-order valence-electron chi connectivity index (χ4n) is 2.24. The van der Waals surface area contributed by atoms with E-state index >= 15 is 0 Å². The Morgan fingerprint density at radius 2 is 1.60 bits per heavy atom. The first kappa shape index (κ1) is 14.1. The van der Waals surface area contributed by atoms with E-state index in [9.17, 15) is 4.79 Å². The average Bonchev–Trinajstić information content (AvgIpc) is 2.45. The number of carbonyl (C=O) groups is 1. The first-order valence-electron chi connectivity index (χ1n) is 6.60. The molecule has 20 heavy (non-hydrogen) atoms. The molecular formula is C17H19NO2. The molecule has 0 radical (unpaired) electrons. The number of nitrogens with zero attached hydrogens (tertiary/aromatic N) is 1. The van der Waals surface area contributed by atoms with Crippen LogP contribution in [0.2, 0.25) is 0 Å². The summed E-state index contributed by atoms with van der Waals surface area (Å²) in [6.07, 6.45) is -0.341. The third-order valence-electron chi connectivity index (χ3n) is 3.25. The van der Waals surface area contributed by atoms with E-state index in [4.69, 9.17) is 4.74 Å². The Bertz CT molecular complexity index is 573. The van der Waals surface area contributed by atoms with E-state index < -0.39 is 0 Å². The number of ether oxygens (including phenoxy) is 1. The minimum atomic E-state index is -0.341. The van der Waals surface area contributed by atoms with Crippen LogP contribution in [0.1, 0.15) is 16.7 Å². The molecule has 0 atom stereocenters. The van der Waals surface area contributed by atoms with Crippen molar-refractivity contribution in [3.63, 3.8) is 0 Å². The third-order valence-corrected chi connectivity index (χ3v) is 3.25. The summed E-state index contributed by atoms with van der Waals surface area (Å²) < 4.78 is 5.34. The molecule has 2 rings (SSSR count). The van der Waals surface area contributed by atoms with Gasteiger partial charge >= 0.3 is 6.09 Å². The summed E-state index contributed by atoms with van der Waals surface area (Å²) in [5.41, 5.74) is 4.01. The Morgan fingerprint density at radius 1 is 1.00 bits per heavy atom. The van der Waals surface area contributed by atoms with Crippen molar-refractivity contribution in [1.29, 1.82) is 0 Å². The summed E-state index contributed by atoms with van der Waals surface area (Å²) in [6, 6.07) is 15.6. The largest absolute Gasteiger partial charge is 0.444 e. The van der Waals surface area contributed by atoms with Gasteiger partial charge in [0, 0.05) is 7.05 Å². The number of hydrogen-bond donors (Lipinski definition) is 0. The zero-order chi connectivity index (χ0) is 14.5. The van der Waals surface area contributed by atoms with Crippen LogP contribution in [0.3, 0.4) is 0 Å². The number of anilines is 1. The summed E-state index contributed by atoms with van der Waals surface area (Å²) in [6.45, 7) is 4.27. The van der Waals surface area contributed by atoms with E-state index in [0.717, 1.165) is 22.4 Å². The molecule has 0 aliphatic rings. The smallest absolute Gasteiger partial charge is 0.414 e. The number of rotatable bonds is 3. The van der Waals surface area contributed by atoms with Crippen LogP contribution in [-0.4, -0.2) is 13.1 Å². The van der Waals surface area contributed by atoms with Crippen LogP contribution in [0.4, 0.5) is 10.5 Å². The first-order chi connectivity index (χ1) is 9.59. The van der Waals surface area contributed by atoms with Crippen LogP contribution in [0.15, 0.2) is 48.5 Å². The van der Waals surface area contributed by atoms with Gasteiger partial charge in [-0.3, -0.25) is 4.90 Å². The van der Waals surface area contributed by atoms with Gasteiger partial charge in [-0.15, -0.1) is 0 Å². The highest BCUT2D eigenvalue weighted by molar-refractivity contribution is 5.89. The van der Waals surface area contributed by atoms with Crippen LogP contribution in [0.5, 0.6) is 0 Å². The van der Waals surface area contributed by atoms with Crippen LogP contribution in [0, 0.1) is 13.8 Å². The summed E-state index contributed by atoms with van der Waals surface area (Å²) in [5, 5.41) is 0. The normalized spacial score (nSPS) is 10.2. The lowest BCUT2D eigenvalue weighted by Crippen LogP contribution is -2.28. The predicted molar refractivity (Wildman–Crippen MR) is 80.9 cm³/mol. The molecule has 2 aromatic rings. The monoisotopic (exact) mass is 269 g/mol. The molecule has 0 unspecified atom stereocenters. The van der Waals surface area contributed by atoms with Gasteiger partial charge in [-0.2, -0.15) is 0 Å². The van der Waals surface area contributed by atoms with Gasteiger partial charge in [0.05, 0.1) is 5.69 Å². The molecular weight excluding hydrogens is 250 g/mol. The van der Waals surface area contributed by atoms with E-state index in [1.807, 2.05) is 62.4 Å². The number of carbonyl (C=O) groups excluding carboxylic acids is 1. The van der Waals surface area contributed by atoms with Crippen molar-refractivity contribution in [2.75, 3.05) is 11.9 Å². The highest BCUT2D eigenvalue weighted by Gasteiger charge is 2.16. The Kier molecular flexibility index (Phi) is 4.41. The van der Waals surface area contributed by atoms with Crippen molar-refractivity contribution in [2.45, 2.75) is 20.5 Å². The lowest BCUT2D eigenvalue weighted by atomic mass is 10.1. The second-order valence-electron chi connectivity index (χ2n) is 4.84. The SMILES string of the molecule is Cc1cccc(C)c1N(C)C(=O)OCc1ccccc1. The van der Waals surface area contributed by atoms with Crippen molar-refractivity contribution in [3.05, 3.63) is 65.2 Å². The molecule has 104 valence electrons. The lowest BCUT2D eigenvalue weighted by molar-refractivity contribution is 0.148. The molecule has 0 saturated heterocycles. The van der Waals surface area contributed by atoms with Gasteiger partial charge in [0.1, 0.15) is 6.61 Å². The molecule has 3 nitrogen and oxygen atoms in total. The maximum atomic E-state index is 12.1. The second kappa shape index (κ2) is 6.24. The highest BCUT2D eigenvalue weighted by atomic mass is 16.6. The number of benzene rings is 2. The molecule has 0 heterocycles. The molecule has 0 bridgehead atoms. The average molecular weight is 269 g/mol. The van der Waals surface area contributed by atoms with Gasteiger partial charge in [-0.1, -0.05) is 48.5 Å². The number of aryl methyl sites for hydroxylation is 2. The van der Waals surface area contributed by atoms with Crippen molar-refractivity contribution in [2.24, 2.45) is 0 Å². The van der Waals surface area contributed by atoms with E-state index in [1.54, 1.807) is 11.9 Å². The Labute approximate surface area is 119 Å². The highest BCUT2D eigenvalue weighted by Crippen LogP contribution is 2.24. The van der Waals surface area contributed by atoms with Crippen LogP contribution in [-0.2, 0) is 11.3 Å². The molecule has 0 N–H and O–H groups in total. The van der Waals surface area contributed by atoms with E-state index in [-0.39, 0.29) is 12.7 Å². The molecule has 0 aliphatic carbocycles. The lowest BCUT2D eigenvalue weighted by Gasteiger charge is -2.21. The Hall–Kier alpha value is -2.29. The van der Waals surface area contributed by atoms with Crippen molar-refractivity contribution < 1.29 is 9.53 Å². The quantitative estimate of drug-likeness (QED) is 0.840. The fraction of sp³-hybridized carbons (Fsp3) is 0.235. The maximum Gasteiger partial charge on any atom is 0.414 e. The molecule has 0 aromatic heterocycles. The van der Waals surface area contributed by atoms with Gasteiger partial charge in [-0.05, 0) is 30.5 Å². The number of amides is 1. The van der Waals surface area contributed by atoms with E-state index in [2.05, 4.69) is 0 Å². The summed E-state index contributed by atoms with van der Waals surface area (Å²) in [7, 11) is 1.74. The molecule has 2 aromatic carbocycles. The van der Waals surface area contributed by atoms with Crippen LogP contribution >= 0.6 is 0 Å². The number of para-hydroxylation sites is 1. The maximum absolute atomic E-state index is 12.1. The zero-order valence-corrected chi connectivity index (χ0v) is 12.1. The molecule has 0 saturated carbocycles. The van der Waals surface area contributed by atoms with Gasteiger partial charge in [-0.25, -0.2) is 4.79 Å². The van der Waals surface area contributed by atoms with Crippen molar-refractivity contribution in [3.8, 4) is 0 Å². The standard InChI is InChI=1S/C17H19NO2/c1-13-8-7-9-14(2)16(13)18(3)17(19)20-12-15-10-5-4-6-11-15/h4-11H,12H2,1-3H3. The molecule has 0 aliphatic heterocycles. The Balaban J connectivity index is 2.06. The summed E-state index contributed by atoms with van der Waals surface area (Å²) in [5.74, 6) is 0. The number of hydrogen-bond acceptors (Lipinski definition) is 2. The van der Waals surface area contributed by atoms with Crippen molar-refractivity contribution in [1.82, 2.24) is 0 Å². The molecule has 0 spiro atoms. The minimum absolute atomic E-state index is 0.287. The second-order valence-corrected chi connectivity index (χ2v) is 4.84. The van der Waals surface area contributed by atoms with E-state index in [0.29, 0.717) is 0 Å². The first-order valence-corrected chi connectivity index (χ1v) is 6.60. The topological polar surface area (TPSA) is 29.5 Å². The fourth-order valence-corrected chi connectivity index (χ4v) is 2.24. The van der Waals surface area contributed by atoms with Crippen molar-refractivity contribution >= 4 is 11.8 Å². The zero-order valence-electron chi connectivity index (χ0n) is 12.1. The molecule has 1 amide bonds. The predicted octanol–water partition coefficient (Wildman–Crippen LogP) is 4.08. The van der Waals surface area contributed by atoms with Crippen LogP contribution in [0.25, 0.3) is 0 Å². The van der Waals surface area contributed by atoms with Gasteiger partial charge in [0.15, 0.2) is 0 Å². The van der Waals surface area contributed by atoms with Gasteiger partial charge in [0.2, 0.25) is 0 Å². The molecule has 0 fully saturated rings. The van der Waals surface area contributed by atoms with Gasteiger partial charge in [0.25, 0.3) is 0 Å². The van der Waals surface area contributed by atoms with Crippen LogP contribution < -0.4 is 4.90 Å². The third kappa shape index (κ3) is 3.18. The van der Waals surface area contributed by atoms with Gasteiger partial charge < -0.3 is 4.74 Å². The summed E-state index contributed by atoms with van der Waals surface area (Å²) in [4.78, 5) is 13.7.